The van der Waals surface area contributed by atoms with Crippen molar-refractivity contribution in [3.05, 3.63) is 30.1 Å². The summed E-state index contributed by atoms with van der Waals surface area (Å²) < 4.78 is 0. The monoisotopic (exact) mass is 469 g/mol. The minimum absolute atomic E-state index is 0.00699. The van der Waals surface area contributed by atoms with E-state index in [1.54, 1.807) is 34.2 Å². The first-order valence-corrected chi connectivity index (χ1v) is 12.3. The molecule has 0 aliphatic carbocycles. The molecular weight excluding hydrogens is 434 g/mol. The van der Waals surface area contributed by atoms with Crippen LogP contribution in [0.2, 0.25) is 0 Å². The van der Waals surface area contributed by atoms with Crippen molar-refractivity contribution < 1.29 is 19.2 Å². The fourth-order valence-electron chi connectivity index (χ4n) is 5.45. The molecule has 1 aromatic heterocycles. The summed E-state index contributed by atoms with van der Waals surface area (Å²) in [6.07, 6.45) is 2.87. The summed E-state index contributed by atoms with van der Waals surface area (Å²) in [7, 11) is 2.04. The Morgan fingerprint density at radius 2 is 1.79 bits per heavy atom. The maximum absolute atomic E-state index is 13.7. The number of likely N-dealkylation sites (tertiary alicyclic amines) is 2. The molecule has 3 saturated heterocycles. The molecule has 184 valence electrons. The average Bonchev–Trinajstić information content (AvgIpc) is 3.39. The van der Waals surface area contributed by atoms with E-state index in [9.17, 15) is 19.2 Å². The molecule has 0 spiro atoms. The van der Waals surface area contributed by atoms with Crippen molar-refractivity contribution in [2.75, 3.05) is 46.3 Å². The Hall–Kier alpha value is -2.81. The number of nitrogens with zero attached hydrogens (tertiary/aromatic N) is 5. The third kappa shape index (κ3) is 4.99. The van der Waals surface area contributed by atoms with Gasteiger partial charge in [-0.25, -0.2) is 0 Å². The van der Waals surface area contributed by atoms with Gasteiger partial charge < -0.3 is 19.6 Å². The third-order valence-corrected chi connectivity index (χ3v) is 7.23. The van der Waals surface area contributed by atoms with Gasteiger partial charge in [-0.15, -0.1) is 0 Å². The second kappa shape index (κ2) is 10.2. The van der Waals surface area contributed by atoms with E-state index < -0.39 is 12.0 Å². The van der Waals surface area contributed by atoms with Crippen molar-refractivity contribution >= 4 is 23.5 Å². The molecule has 3 fully saturated rings. The maximum Gasteiger partial charge on any atom is 0.273 e. The first kappa shape index (κ1) is 24.3. The van der Waals surface area contributed by atoms with E-state index >= 15 is 0 Å². The number of carbonyl (C=O) groups is 4. The van der Waals surface area contributed by atoms with Gasteiger partial charge >= 0.3 is 0 Å². The molecule has 3 aliphatic heterocycles. The largest absolute Gasteiger partial charge is 0.340 e. The van der Waals surface area contributed by atoms with Crippen molar-refractivity contribution in [3.8, 4) is 0 Å². The number of ketones is 1. The van der Waals surface area contributed by atoms with Crippen LogP contribution in [0, 0.1) is 11.8 Å². The van der Waals surface area contributed by atoms with Crippen LogP contribution >= 0.6 is 0 Å². The molecule has 4 rings (SSSR count). The zero-order valence-electron chi connectivity index (χ0n) is 20.4. The quantitative estimate of drug-likeness (QED) is 0.615. The number of Topliss-reactive ketones (excluding diaryl/α,β-unsaturated/α-hetero) is 1. The van der Waals surface area contributed by atoms with Gasteiger partial charge in [0.2, 0.25) is 11.8 Å². The summed E-state index contributed by atoms with van der Waals surface area (Å²) in [4.78, 5) is 64.0. The number of fused-ring (bicyclic) bond motifs is 1. The van der Waals surface area contributed by atoms with E-state index in [4.69, 9.17) is 0 Å². The zero-order valence-corrected chi connectivity index (χ0v) is 20.4. The first-order chi connectivity index (χ1) is 16.3. The molecule has 3 aliphatic rings. The SMILES string of the molecule is CC(C)CC(CC(=O)N1CCN(C)CC1)C(=O)N1CCC2C1C(=O)CN2C(=O)c1ccccn1. The summed E-state index contributed by atoms with van der Waals surface area (Å²) in [5, 5.41) is 0. The van der Waals surface area contributed by atoms with Crippen LogP contribution in [0.1, 0.15) is 43.6 Å². The smallest absolute Gasteiger partial charge is 0.273 e. The van der Waals surface area contributed by atoms with Gasteiger partial charge in [-0.3, -0.25) is 24.2 Å². The number of piperazine rings is 1. The Bertz CT molecular complexity index is 928. The fourth-order valence-corrected chi connectivity index (χ4v) is 5.45. The number of rotatable bonds is 6. The lowest BCUT2D eigenvalue weighted by Crippen LogP contribution is -2.49. The van der Waals surface area contributed by atoms with E-state index in [2.05, 4.69) is 9.88 Å². The Balaban J connectivity index is 1.46. The molecular formula is C25H35N5O4. The van der Waals surface area contributed by atoms with Crippen LogP contribution in [-0.2, 0) is 14.4 Å². The van der Waals surface area contributed by atoms with Crippen LogP contribution in [0.15, 0.2) is 24.4 Å². The molecule has 3 amide bonds. The van der Waals surface area contributed by atoms with Crippen LogP contribution in [0.25, 0.3) is 0 Å². The molecule has 3 atom stereocenters. The predicted molar refractivity (Wildman–Crippen MR) is 126 cm³/mol. The number of aromatic nitrogens is 1. The Labute approximate surface area is 201 Å². The number of hydrogen-bond acceptors (Lipinski definition) is 6. The summed E-state index contributed by atoms with van der Waals surface area (Å²) >= 11 is 0. The second-order valence-electron chi connectivity index (χ2n) is 10.2. The van der Waals surface area contributed by atoms with Gasteiger partial charge in [0.25, 0.3) is 5.91 Å². The number of amides is 3. The molecule has 1 aromatic rings. The van der Waals surface area contributed by atoms with Crippen LogP contribution in [0.5, 0.6) is 0 Å². The number of likely N-dealkylation sites (N-methyl/N-ethyl adjacent to an activating group) is 1. The normalized spacial score (nSPS) is 24.0. The van der Waals surface area contributed by atoms with Crippen molar-refractivity contribution in [1.29, 1.82) is 0 Å². The summed E-state index contributed by atoms with van der Waals surface area (Å²) in [6.45, 7) is 7.51. The van der Waals surface area contributed by atoms with E-state index in [-0.39, 0.29) is 48.4 Å². The number of pyridine rings is 1. The standard InChI is InChI=1S/C25H35N5O4/c1-17(2)14-18(15-22(32)28-12-10-27(3)11-13-28)24(33)29-9-7-20-23(29)21(31)16-30(20)25(34)19-6-4-5-8-26-19/h4-6,8,17-18,20,23H,7,9-16H2,1-3H3. The van der Waals surface area contributed by atoms with Crippen molar-refractivity contribution in [1.82, 2.24) is 24.6 Å². The van der Waals surface area contributed by atoms with Gasteiger partial charge in [-0.2, -0.15) is 0 Å². The van der Waals surface area contributed by atoms with E-state index in [1.165, 1.54) is 0 Å². The first-order valence-electron chi connectivity index (χ1n) is 12.3. The van der Waals surface area contributed by atoms with Crippen LogP contribution in [0.3, 0.4) is 0 Å². The van der Waals surface area contributed by atoms with Crippen molar-refractivity contribution in [3.63, 3.8) is 0 Å². The number of carbonyl (C=O) groups excluding carboxylic acids is 4. The lowest BCUT2D eigenvalue weighted by atomic mass is 9.91. The van der Waals surface area contributed by atoms with Crippen LogP contribution < -0.4 is 0 Å². The minimum atomic E-state index is -0.631. The summed E-state index contributed by atoms with van der Waals surface area (Å²) in [6, 6.07) is 4.16. The second-order valence-corrected chi connectivity index (χ2v) is 10.2. The molecule has 0 saturated carbocycles. The van der Waals surface area contributed by atoms with Crippen LogP contribution in [0.4, 0.5) is 0 Å². The highest BCUT2D eigenvalue weighted by atomic mass is 16.2. The highest BCUT2D eigenvalue weighted by molar-refractivity contribution is 6.02. The average molecular weight is 470 g/mol. The Morgan fingerprint density at radius 3 is 2.44 bits per heavy atom. The van der Waals surface area contributed by atoms with Crippen molar-refractivity contribution in [2.24, 2.45) is 11.8 Å². The van der Waals surface area contributed by atoms with Gasteiger partial charge in [0.15, 0.2) is 5.78 Å². The highest BCUT2D eigenvalue weighted by Crippen LogP contribution is 2.33. The molecule has 0 aromatic carbocycles. The van der Waals surface area contributed by atoms with Crippen molar-refractivity contribution in [2.45, 2.75) is 45.2 Å². The summed E-state index contributed by atoms with van der Waals surface area (Å²) in [5.41, 5.74) is 0.302. The lowest BCUT2D eigenvalue weighted by Gasteiger charge is -2.34. The van der Waals surface area contributed by atoms with Gasteiger partial charge in [0, 0.05) is 51.3 Å². The molecule has 9 heteroatoms. The Morgan fingerprint density at radius 1 is 1.06 bits per heavy atom. The topological polar surface area (TPSA) is 94.1 Å². The molecule has 0 N–H and O–H groups in total. The highest BCUT2D eigenvalue weighted by Gasteiger charge is 2.52. The molecule has 4 heterocycles. The van der Waals surface area contributed by atoms with E-state index in [0.29, 0.717) is 38.2 Å². The minimum Gasteiger partial charge on any atom is -0.340 e. The van der Waals surface area contributed by atoms with Gasteiger partial charge in [0.1, 0.15) is 11.7 Å². The molecule has 0 radical (unpaired) electrons. The lowest BCUT2D eigenvalue weighted by molar-refractivity contribution is -0.144. The van der Waals surface area contributed by atoms with Gasteiger partial charge in [0.05, 0.1) is 12.6 Å². The fraction of sp³-hybridized carbons (Fsp3) is 0.640. The molecule has 9 nitrogen and oxygen atoms in total. The number of hydrogen-bond donors (Lipinski definition) is 0. The van der Waals surface area contributed by atoms with Crippen LogP contribution in [-0.4, -0.2) is 106 Å². The predicted octanol–water partition coefficient (Wildman–Crippen LogP) is 0.902. The molecule has 34 heavy (non-hydrogen) atoms. The summed E-state index contributed by atoms with van der Waals surface area (Å²) in [5.74, 6) is -0.737. The molecule has 0 bridgehead atoms. The van der Waals surface area contributed by atoms with E-state index in [0.717, 1.165) is 13.1 Å². The van der Waals surface area contributed by atoms with Gasteiger partial charge in [-0.05, 0) is 37.9 Å². The third-order valence-electron chi connectivity index (χ3n) is 7.23. The van der Waals surface area contributed by atoms with E-state index in [1.807, 2.05) is 25.8 Å². The van der Waals surface area contributed by atoms with Gasteiger partial charge in [-0.1, -0.05) is 19.9 Å². The maximum atomic E-state index is 13.7. The zero-order chi connectivity index (χ0) is 24.4. The Kier molecular flexibility index (Phi) is 7.30. The molecule has 3 unspecified atom stereocenters.